The first-order chi connectivity index (χ1) is 14.8. The Morgan fingerprint density at radius 1 is 0.867 bits per heavy atom. The molecule has 6 rings (SSSR count). The number of thiophene rings is 1. The third kappa shape index (κ3) is 2.69. The molecule has 6 heterocycles. The van der Waals surface area contributed by atoms with E-state index in [9.17, 15) is 4.39 Å². The lowest BCUT2D eigenvalue weighted by atomic mass is 10.1. The molecule has 6 nitrogen and oxygen atoms in total. The van der Waals surface area contributed by atoms with Gasteiger partial charge in [0.1, 0.15) is 0 Å². The van der Waals surface area contributed by atoms with Crippen molar-refractivity contribution in [3.63, 3.8) is 0 Å². The molecular formula is C22H13FN6S. The lowest BCUT2D eigenvalue weighted by Gasteiger charge is -2.01. The first-order valence-corrected chi connectivity index (χ1v) is 10.1. The van der Waals surface area contributed by atoms with Crippen molar-refractivity contribution in [2.75, 3.05) is 0 Å². The lowest BCUT2D eigenvalue weighted by molar-refractivity contribution is 0.657. The smallest absolute Gasteiger partial charge is 0.181 e. The third-order valence-electron chi connectivity index (χ3n) is 5.05. The average molecular weight is 412 g/mol. The van der Waals surface area contributed by atoms with Crippen molar-refractivity contribution < 1.29 is 4.39 Å². The van der Waals surface area contributed by atoms with Crippen LogP contribution in [0.2, 0.25) is 0 Å². The second-order valence-corrected chi connectivity index (χ2v) is 7.87. The minimum atomic E-state index is -0.228. The van der Waals surface area contributed by atoms with E-state index in [1.54, 1.807) is 30.9 Å². The van der Waals surface area contributed by atoms with Crippen molar-refractivity contribution in [3.05, 3.63) is 72.4 Å². The van der Waals surface area contributed by atoms with Crippen LogP contribution in [-0.4, -0.2) is 30.1 Å². The number of hydrogen-bond donors (Lipinski definition) is 2. The minimum absolute atomic E-state index is 0.228. The fourth-order valence-corrected chi connectivity index (χ4v) is 4.38. The maximum Gasteiger partial charge on any atom is 0.181 e. The molecule has 0 spiro atoms. The summed E-state index contributed by atoms with van der Waals surface area (Å²) < 4.78 is 13.6. The van der Waals surface area contributed by atoms with Gasteiger partial charge in [0.2, 0.25) is 0 Å². The number of hydrogen-bond acceptors (Lipinski definition) is 5. The molecule has 0 radical (unpaired) electrons. The second-order valence-electron chi connectivity index (χ2n) is 6.84. The van der Waals surface area contributed by atoms with Gasteiger partial charge < -0.3 is 4.98 Å². The molecular weight excluding hydrogens is 399 g/mol. The quantitative estimate of drug-likeness (QED) is 0.406. The van der Waals surface area contributed by atoms with Crippen molar-refractivity contribution in [1.82, 2.24) is 30.1 Å². The summed E-state index contributed by atoms with van der Waals surface area (Å²) in [7, 11) is 0. The van der Waals surface area contributed by atoms with Crippen molar-refractivity contribution in [1.29, 1.82) is 0 Å². The second kappa shape index (κ2) is 6.57. The van der Waals surface area contributed by atoms with Gasteiger partial charge in [-0.1, -0.05) is 0 Å². The molecule has 0 atom stereocenters. The Bertz CT molecular complexity index is 1520. The summed E-state index contributed by atoms with van der Waals surface area (Å²) in [6.07, 6.45) is 7.05. The molecule has 8 heteroatoms. The number of pyridine rings is 3. The van der Waals surface area contributed by atoms with Crippen molar-refractivity contribution >= 4 is 33.3 Å². The summed E-state index contributed by atoms with van der Waals surface area (Å²) in [5, 5.41) is 9.06. The van der Waals surface area contributed by atoms with E-state index < -0.39 is 0 Å². The molecule has 0 aliphatic carbocycles. The predicted octanol–water partition coefficient (Wildman–Crippen LogP) is 5.43. The maximum atomic E-state index is 13.6. The van der Waals surface area contributed by atoms with E-state index in [2.05, 4.69) is 36.2 Å². The number of aromatic nitrogens is 6. The zero-order chi connectivity index (χ0) is 20.1. The van der Waals surface area contributed by atoms with E-state index in [0.29, 0.717) is 5.65 Å². The SMILES string of the molecule is Fc1ccc(-c2nccc3[nH]c(-c4[nH]nc5ncc(-c6ccncc6)cc45)cc23)s1. The molecule has 0 unspecified atom stereocenters. The fourth-order valence-electron chi connectivity index (χ4n) is 3.63. The molecule has 30 heavy (non-hydrogen) atoms. The van der Waals surface area contributed by atoms with Gasteiger partial charge in [-0.25, -0.2) is 4.98 Å². The number of aromatic amines is 2. The summed E-state index contributed by atoms with van der Waals surface area (Å²) in [5.74, 6) is 0. The standard InChI is InChI=1S/C22H13FN6S/c23-19-2-1-18(30-19)21-14-10-17(27-16(14)5-8-25-21)20-15-9-13(11-26-22(15)29-28-20)12-3-6-24-7-4-12/h1-11,27H,(H,26,28,29). The largest absolute Gasteiger partial charge is 0.353 e. The van der Waals surface area contributed by atoms with Crippen molar-refractivity contribution in [2.45, 2.75) is 0 Å². The van der Waals surface area contributed by atoms with E-state index >= 15 is 0 Å². The summed E-state index contributed by atoms with van der Waals surface area (Å²) in [4.78, 5) is 17.3. The number of fused-ring (bicyclic) bond motifs is 2. The maximum absolute atomic E-state index is 13.6. The number of rotatable bonds is 3. The summed E-state index contributed by atoms with van der Waals surface area (Å²) in [6, 6.07) is 13.1. The lowest BCUT2D eigenvalue weighted by Crippen LogP contribution is -1.83. The van der Waals surface area contributed by atoms with Crippen LogP contribution in [0.1, 0.15) is 0 Å². The highest BCUT2D eigenvalue weighted by Crippen LogP contribution is 2.35. The van der Waals surface area contributed by atoms with Gasteiger partial charge in [0, 0.05) is 46.6 Å². The van der Waals surface area contributed by atoms with Gasteiger partial charge >= 0.3 is 0 Å². The topological polar surface area (TPSA) is 83.1 Å². The molecule has 6 aromatic rings. The van der Waals surface area contributed by atoms with Crippen LogP contribution >= 0.6 is 11.3 Å². The van der Waals surface area contributed by atoms with Gasteiger partial charge in [-0.3, -0.25) is 15.1 Å². The van der Waals surface area contributed by atoms with Gasteiger partial charge in [0.05, 0.1) is 22.0 Å². The van der Waals surface area contributed by atoms with Crippen molar-refractivity contribution in [2.24, 2.45) is 0 Å². The van der Waals surface area contributed by atoms with E-state index in [1.165, 1.54) is 6.07 Å². The Labute approximate surface area is 173 Å². The molecule has 0 aliphatic rings. The highest BCUT2D eigenvalue weighted by Gasteiger charge is 2.16. The minimum Gasteiger partial charge on any atom is -0.353 e. The van der Waals surface area contributed by atoms with E-state index in [0.717, 1.165) is 60.7 Å². The Balaban J connectivity index is 1.52. The van der Waals surface area contributed by atoms with E-state index in [4.69, 9.17) is 0 Å². The zero-order valence-corrected chi connectivity index (χ0v) is 16.2. The van der Waals surface area contributed by atoms with Crippen LogP contribution in [0, 0.1) is 5.13 Å². The molecule has 0 bridgehead atoms. The third-order valence-corrected chi connectivity index (χ3v) is 5.93. The monoisotopic (exact) mass is 412 g/mol. The highest BCUT2D eigenvalue weighted by molar-refractivity contribution is 7.13. The highest BCUT2D eigenvalue weighted by atomic mass is 32.1. The molecule has 144 valence electrons. The van der Waals surface area contributed by atoms with Crippen LogP contribution in [-0.2, 0) is 0 Å². The average Bonchev–Trinajstić information content (AvgIpc) is 3.51. The van der Waals surface area contributed by atoms with Gasteiger partial charge in [0.25, 0.3) is 0 Å². The van der Waals surface area contributed by atoms with Gasteiger partial charge in [-0.2, -0.15) is 9.49 Å². The molecule has 0 aromatic carbocycles. The van der Waals surface area contributed by atoms with Gasteiger partial charge in [0.15, 0.2) is 10.8 Å². The van der Waals surface area contributed by atoms with Crippen LogP contribution < -0.4 is 0 Å². The number of nitrogens with zero attached hydrogens (tertiary/aromatic N) is 4. The van der Waals surface area contributed by atoms with Crippen LogP contribution in [0.15, 0.2) is 67.3 Å². The molecule has 0 fully saturated rings. The van der Waals surface area contributed by atoms with Crippen LogP contribution in [0.25, 0.3) is 55.0 Å². The molecule has 0 saturated carbocycles. The Morgan fingerprint density at radius 2 is 1.77 bits per heavy atom. The van der Waals surface area contributed by atoms with E-state index in [-0.39, 0.29) is 5.13 Å². The summed E-state index contributed by atoms with van der Waals surface area (Å²) in [6.45, 7) is 0. The van der Waals surface area contributed by atoms with Crippen LogP contribution in [0.4, 0.5) is 4.39 Å². The molecule has 0 amide bonds. The molecule has 6 aromatic heterocycles. The number of halogens is 1. The number of nitrogens with one attached hydrogen (secondary N) is 2. The summed E-state index contributed by atoms with van der Waals surface area (Å²) in [5.41, 5.74) is 6.04. The first-order valence-electron chi connectivity index (χ1n) is 9.24. The Morgan fingerprint density at radius 3 is 2.60 bits per heavy atom. The fraction of sp³-hybridized carbons (Fsp3) is 0. The Hall–Kier alpha value is -3.91. The first kappa shape index (κ1) is 17.0. The van der Waals surface area contributed by atoms with Gasteiger partial charge in [-0.05, 0) is 48.0 Å². The van der Waals surface area contributed by atoms with Crippen LogP contribution in [0.5, 0.6) is 0 Å². The predicted molar refractivity (Wildman–Crippen MR) is 115 cm³/mol. The van der Waals surface area contributed by atoms with Crippen molar-refractivity contribution in [3.8, 4) is 33.1 Å². The molecule has 0 aliphatic heterocycles. The van der Waals surface area contributed by atoms with Crippen LogP contribution in [0.3, 0.4) is 0 Å². The number of H-pyrrole nitrogens is 2. The van der Waals surface area contributed by atoms with E-state index in [1.807, 2.05) is 24.3 Å². The normalized spacial score (nSPS) is 11.5. The Kier molecular flexibility index (Phi) is 3.72. The summed E-state index contributed by atoms with van der Waals surface area (Å²) >= 11 is 1.09. The van der Waals surface area contributed by atoms with Gasteiger partial charge in [-0.15, -0.1) is 11.3 Å². The molecule has 2 N–H and O–H groups in total. The molecule has 0 saturated heterocycles. The zero-order valence-electron chi connectivity index (χ0n) is 15.4.